The quantitative estimate of drug-likeness (QED) is 0.810. The van der Waals surface area contributed by atoms with Gasteiger partial charge in [-0.1, -0.05) is 0 Å². The Morgan fingerprint density at radius 1 is 1.64 bits per heavy atom. The summed E-state index contributed by atoms with van der Waals surface area (Å²) >= 11 is 2.00. The summed E-state index contributed by atoms with van der Waals surface area (Å²) in [6.07, 6.45) is 6.30. The van der Waals surface area contributed by atoms with Crippen molar-refractivity contribution in [3.05, 3.63) is 29.6 Å². The predicted molar refractivity (Wildman–Crippen MR) is 61.4 cm³/mol. The summed E-state index contributed by atoms with van der Waals surface area (Å²) in [5.74, 6) is 1.26. The lowest BCUT2D eigenvalue weighted by Gasteiger charge is -2.19. The van der Waals surface area contributed by atoms with Gasteiger partial charge in [0.1, 0.15) is 0 Å². The van der Waals surface area contributed by atoms with Crippen LogP contribution in [0.1, 0.15) is 30.0 Å². The molecule has 2 nitrogen and oxygen atoms in total. The third kappa shape index (κ3) is 1.93. The summed E-state index contributed by atoms with van der Waals surface area (Å²) < 4.78 is 0. The average Bonchev–Trinajstić information content (AvgIpc) is 2.70. The fraction of sp³-hybridized carbons (Fsp3) is 0.545. The monoisotopic (exact) mass is 208 g/mol. The minimum Gasteiger partial charge on any atom is -0.323 e. The van der Waals surface area contributed by atoms with Gasteiger partial charge in [-0.25, -0.2) is 0 Å². The molecule has 0 spiro atoms. The Morgan fingerprint density at radius 3 is 3.14 bits per heavy atom. The Balaban J connectivity index is 2.17. The van der Waals surface area contributed by atoms with E-state index in [-0.39, 0.29) is 6.04 Å². The van der Waals surface area contributed by atoms with Crippen LogP contribution in [0.15, 0.2) is 18.5 Å². The number of nitrogens with zero attached hydrogens (tertiary/aromatic N) is 1. The van der Waals surface area contributed by atoms with E-state index < -0.39 is 0 Å². The van der Waals surface area contributed by atoms with E-state index in [1.165, 1.54) is 29.7 Å². The van der Waals surface area contributed by atoms with Gasteiger partial charge < -0.3 is 5.73 Å². The highest BCUT2D eigenvalue weighted by Crippen LogP contribution is 2.35. The van der Waals surface area contributed by atoms with Gasteiger partial charge in [0.2, 0.25) is 0 Å². The topological polar surface area (TPSA) is 38.9 Å². The molecule has 0 bridgehead atoms. The van der Waals surface area contributed by atoms with Crippen LogP contribution in [0.4, 0.5) is 0 Å². The number of thioether (sulfide) groups is 1. The second-order valence-corrected chi connectivity index (χ2v) is 5.16. The van der Waals surface area contributed by atoms with E-state index >= 15 is 0 Å². The molecule has 0 amide bonds. The minimum absolute atomic E-state index is 0.163. The largest absolute Gasteiger partial charge is 0.323 e. The fourth-order valence-electron chi connectivity index (χ4n) is 1.91. The molecule has 0 aliphatic carbocycles. The Kier molecular flexibility index (Phi) is 3.08. The van der Waals surface area contributed by atoms with Crippen molar-refractivity contribution in [1.29, 1.82) is 0 Å². The molecular formula is C11H16N2S. The SMILES string of the molecule is Cc1ccncc1C(N)C1CCCS1. The lowest BCUT2D eigenvalue weighted by molar-refractivity contribution is 0.640. The van der Waals surface area contributed by atoms with Crippen LogP contribution in [0.25, 0.3) is 0 Å². The summed E-state index contributed by atoms with van der Waals surface area (Å²) in [4.78, 5) is 4.15. The molecule has 1 aromatic rings. The van der Waals surface area contributed by atoms with Crippen LogP contribution in [-0.4, -0.2) is 16.0 Å². The fourth-order valence-corrected chi connectivity index (χ4v) is 3.23. The standard InChI is InChI=1S/C11H16N2S/c1-8-4-5-13-7-9(8)11(12)10-3-2-6-14-10/h4-5,7,10-11H,2-3,6,12H2,1H3. The van der Waals surface area contributed by atoms with Gasteiger partial charge in [-0.05, 0) is 42.7 Å². The van der Waals surface area contributed by atoms with E-state index in [0.29, 0.717) is 5.25 Å². The van der Waals surface area contributed by atoms with Crippen LogP contribution in [-0.2, 0) is 0 Å². The van der Waals surface area contributed by atoms with Crippen molar-refractivity contribution in [1.82, 2.24) is 4.98 Å². The first-order chi connectivity index (χ1) is 6.79. The van der Waals surface area contributed by atoms with Gasteiger partial charge in [-0.15, -0.1) is 0 Å². The smallest absolute Gasteiger partial charge is 0.0433 e. The maximum atomic E-state index is 6.24. The molecule has 2 atom stereocenters. The van der Waals surface area contributed by atoms with Gasteiger partial charge in [-0.2, -0.15) is 11.8 Å². The normalized spacial score (nSPS) is 23.7. The van der Waals surface area contributed by atoms with E-state index in [4.69, 9.17) is 5.73 Å². The van der Waals surface area contributed by atoms with Crippen molar-refractivity contribution >= 4 is 11.8 Å². The molecule has 0 aromatic carbocycles. The van der Waals surface area contributed by atoms with E-state index in [1.807, 2.05) is 30.2 Å². The number of hydrogen-bond donors (Lipinski definition) is 1. The molecule has 14 heavy (non-hydrogen) atoms. The third-order valence-electron chi connectivity index (χ3n) is 2.80. The Bertz CT molecular complexity index is 308. The van der Waals surface area contributed by atoms with Gasteiger partial charge in [0.15, 0.2) is 0 Å². The molecule has 1 aliphatic heterocycles. The number of aryl methyl sites for hydroxylation is 1. The Hall–Kier alpha value is -0.540. The summed E-state index contributed by atoms with van der Waals surface area (Å²) in [5, 5.41) is 0.595. The number of hydrogen-bond acceptors (Lipinski definition) is 3. The van der Waals surface area contributed by atoms with Gasteiger partial charge in [0.05, 0.1) is 0 Å². The average molecular weight is 208 g/mol. The van der Waals surface area contributed by atoms with Crippen molar-refractivity contribution < 1.29 is 0 Å². The van der Waals surface area contributed by atoms with Gasteiger partial charge >= 0.3 is 0 Å². The molecule has 76 valence electrons. The lowest BCUT2D eigenvalue weighted by atomic mass is 10.00. The first-order valence-corrected chi connectivity index (χ1v) is 6.11. The molecule has 0 radical (unpaired) electrons. The van der Waals surface area contributed by atoms with Gasteiger partial charge in [0, 0.05) is 23.7 Å². The molecule has 2 heterocycles. The molecule has 1 aromatic heterocycles. The van der Waals surface area contributed by atoms with Gasteiger partial charge in [-0.3, -0.25) is 4.98 Å². The first kappa shape index (κ1) is 9.99. The second-order valence-electron chi connectivity index (χ2n) is 3.81. The van der Waals surface area contributed by atoms with Crippen molar-refractivity contribution in [3.8, 4) is 0 Å². The Morgan fingerprint density at radius 2 is 2.50 bits per heavy atom. The number of rotatable bonds is 2. The van der Waals surface area contributed by atoms with Crippen LogP contribution in [0.3, 0.4) is 0 Å². The lowest BCUT2D eigenvalue weighted by Crippen LogP contribution is -2.22. The summed E-state index contributed by atoms with van der Waals surface area (Å²) in [5.41, 5.74) is 8.72. The van der Waals surface area contributed by atoms with Gasteiger partial charge in [0.25, 0.3) is 0 Å². The first-order valence-electron chi connectivity index (χ1n) is 5.07. The minimum atomic E-state index is 0.163. The zero-order valence-corrected chi connectivity index (χ0v) is 9.26. The van der Waals surface area contributed by atoms with Crippen LogP contribution in [0, 0.1) is 6.92 Å². The highest BCUT2D eigenvalue weighted by Gasteiger charge is 2.24. The van der Waals surface area contributed by atoms with E-state index in [1.54, 1.807) is 0 Å². The van der Waals surface area contributed by atoms with E-state index in [9.17, 15) is 0 Å². The van der Waals surface area contributed by atoms with Crippen LogP contribution < -0.4 is 5.73 Å². The molecule has 1 aliphatic rings. The van der Waals surface area contributed by atoms with Crippen LogP contribution >= 0.6 is 11.8 Å². The number of pyridine rings is 1. The molecule has 1 fully saturated rings. The summed E-state index contributed by atoms with van der Waals surface area (Å²) in [6, 6.07) is 2.20. The van der Waals surface area contributed by atoms with E-state index in [0.717, 1.165) is 0 Å². The number of nitrogens with two attached hydrogens (primary N) is 1. The highest BCUT2D eigenvalue weighted by molar-refractivity contribution is 8.00. The third-order valence-corrected chi connectivity index (χ3v) is 4.29. The number of aromatic nitrogens is 1. The van der Waals surface area contributed by atoms with Crippen molar-refractivity contribution in [3.63, 3.8) is 0 Å². The molecular weight excluding hydrogens is 192 g/mol. The van der Waals surface area contributed by atoms with Crippen molar-refractivity contribution in [2.75, 3.05) is 5.75 Å². The zero-order chi connectivity index (χ0) is 9.97. The summed E-state index contributed by atoms with van der Waals surface area (Å²) in [6.45, 7) is 2.11. The second kappa shape index (κ2) is 4.32. The molecule has 2 N–H and O–H groups in total. The molecule has 2 unspecified atom stereocenters. The molecule has 1 saturated heterocycles. The maximum Gasteiger partial charge on any atom is 0.0433 e. The molecule has 0 saturated carbocycles. The van der Waals surface area contributed by atoms with Crippen LogP contribution in [0.2, 0.25) is 0 Å². The van der Waals surface area contributed by atoms with Crippen LogP contribution in [0.5, 0.6) is 0 Å². The van der Waals surface area contributed by atoms with Crippen molar-refractivity contribution in [2.45, 2.75) is 31.1 Å². The Labute approximate surface area is 89.3 Å². The molecule has 2 rings (SSSR count). The molecule has 3 heteroatoms. The predicted octanol–water partition coefficient (Wildman–Crippen LogP) is 2.29. The zero-order valence-electron chi connectivity index (χ0n) is 8.44. The van der Waals surface area contributed by atoms with Crippen molar-refractivity contribution in [2.24, 2.45) is 5.73 Å². The maximum absolute atomic E-state index is 6.24. The van der Waals surface area contributed by atoms with E-state index in [2.05, 4.69) is 11.9 Å². The summed E-state index contributed by atoms with van der Waals surface area (Å²) in [7, 11) is 0. The highest BCUT2D eigenvalue weighted by atomic mass is 32.2.